The lowest BCUT2D eigenvalue weighted by molar-refractivity contribution is -0.137. The second-order valence-corrected chi connectivity index (χ2v) is 7.95. The monoisotopic (exact) mass is 451 g/mol. The molecule has 31 heavy (non-hydrogen) atoms. The van der Waals surface area contributed by atoms with Crippen molar-refractivity contribution in [3.8, 4) is 5.69 Å². The molecule has 1 aromatic heterocycles. The van der Waals surface area contributed by atoms with E-state index in [1.165, 1.54) is 19.2 Å². The molecule has 10 heteroatoms. The molecular formula is C21H20F3N3O3S. The van der Waals surface area contributed by atoms with Crippen LogP contribution in [0, 0.1) is 0 Å². The van der Waals surface area contributed by atoms with Crippen molar-refractivity contribution in [1.82, 2.24) is 14.9 Å². The molecule has 1 amide bonds. The van der Waals surface area contributed by atoms with Crippen LogP contribution in [0.1, 0.15) is 12.5 Å². The lowest BCUT2D eigenvalue weighted by atomic mass is 10.2. The van der Waals surface area contributed by atoms with Crippen molar-refractivity contribution in [3.63, 3.8) is 0 Å². The van der Waals surface area contributed by atoms with Crippen LogP contribution in [0.15, 0.2) is 58.5 Å². The average Bonchev–Trinajstić information content (AvgIpc) is 2.73. The molecule has 0 saturated heterocycles. The standard InChI is InChI=1S/C21H20F3N3O3S/c1-13(18(28)25-10-11-30-2)31-20-26-17-9-4-3-8-16(17)19(29)27(20)15-7-5-6-14(12-15)21(22,23)24/h3-9,12-13H,10-11H2,1-2H3,(H,25,28). The Morgan fingerprint density at radius 3 is 2.68 bits per heavy atom. The largest absolute Gasteiger partial charge is 0.416 e. The molecule has 6 nitrogen and oxygen atoms in total. The maximum Gasteiger partial charge on any atom is 0.416 e. The Bertz CT molecular complexity index is 1150. The fourth-order valence-electron chi connectivity index (χ4n) is 2.87. The molecule has 0 aliphatic rings. The second-order valence-electron chi connectivity index (χ2n) is 6.64. The number of alkyl halides is 3. The number of thioether (sulfide) groups is 1. The van der Waals surface area contributed by atoms with Gasteiger partial charge in [0.1, 0.15) is 0 Å². The first-order chi connectivity index (χ1) is 14.7. The van der Waals surface area contributed by atoms with Gasteiger partial charge in [-0.2, -0.15) is 13.2 Å². The summed E-state index contributed by atoms with van der Waals surface area (Å²) in [6.07, 6.45) is -4.56. The number of halogens is 3. The van der Waals surface area contributed by atoms with E-state index >= 15 is 0 Å². The molecule has 0 spiro atoms. The summed E-state index contributed by atoms with van der Waals surface area (Å²) in [4.78, 5) is 30.0. The highest BCUT2D eigenvalue weighted by atomic mass is 32.2. The highest BCUT2D eigenvalue weighted by Crippen LogP contribution is 2.31. The van der Waals surface area contributed by atoms with Gasteiger partial charge in [-0.05, 0) is 37.3 Å². The molecule has 1 heterocycles. The first-order valence-electron chi connectivity index (χ1n) is 9.35. The third-order valence-corrected chi connectivity index (χ3v) is 5.49. The Morgan fingerprint density at radius 2 is 1.97 bits per heavy atom. The van der Waals surface area contributed by atoms with Crippen molar-refractivity contribution in [2.75, 3.05) is 20.3 Å². The van der Waals surface area contributed by atoms with E-state index in [4.69, 9.17) is 4.74 Å². The lowest BCUT2D eigenvalue weighted by Gasteiger charge is -2.17. The van der Waals surface area contributed by atoms with Crippen LogP contribution < -0.4 is 10.9 Å². The zero-order valence-electron chi connectivity index (χ0n) is 16.8. The average molecular weight is 451 g/mol. The van der Waals surface area contributed by atoms with Crippen LogP contribution in [0.2, 0.25) is 0 Å². The maximum absolute atomic E-state index is 13.2. The van der Waals surface area contributed by atoms with Gasteiger partial charge in [-0.1, -0.05) is 30.0 Å². The minimum absolute atomic E-state index is 0.0209. The number of para-hydroxylation sites is 1. The van der Waals surface area contributed by atoms with Crippen molar-refractivity contribution < 1.29 is 22.7 Å². The predicted octanol–water partition coefficient (Wildman–Crippen LogP) is 3.65. The smallest absolute Gasteiger partial charge is 0.383 e. The quantitative estimate of drug-likeness (QED) is 0.337. The Hall–Kier alpha value is -2.85. The summed E-state index contributed by atoms with van der Waals surface area (Å²) in [5, 5.41) is 2.43. The highest BCUT2D eigenvalue weighted by molar-refractivity contribution is 8.00. The summed E-state index contributed by atoms with van der Waals surface area (Å²) in [5.74, 6) is -0.306. The van der Waals surface area contributed by atoms with Crippen molar-refractivity contribution in [3.05, 3.63) is 64.4 Å². The number of carbonyl (C=O) groups is 1. The van der Waals surface area contributed by atoms with Crippen LogP contribution in [-0.2, 0) is 15.7 Å². The van der Waals surface area contributed by atoms with Gasteiger partial charge < -0.3 is 10.1 Å². The zero-order valence-corrected chi connectivity index (χ0v) is 17.6. The van der Waals surface area contributed by atoms with Gasteiger partial charge in [-0.25, -0.2) is 4.98 Å². The van der Waals surface area contributed by atoms with Gasteiger partial charge in [-0.15, -0.1) is 0 Å². The molecule has 0 saturated carbocycles. The van der Waals surface area contributed by atoms with Crippen LogP contribution >= 0.6 is 11.8 Å². The lowest BCUT2D eigenvalue weighted by Crippen LogP contribution is -2.34. The third-order valence-electron chi connectivity index (χ3n) is 4.43. The van der Waals surface area contributed by atoms with Gasteiger partial charge in [0.05, 0.1) is 34.0 Å². The number of ether oxygens (including phenoxy) is 1. The summed E-state index contributed by atoms with van der Waals surface area (Å²) < 4.78 is 45.7. The predicted molar refractivity (Wildman–Crippen MR) is 113 cm³/mol. The van der Waals surface area contributed by atoms with Crippen LogP contribution in [-0.4, -0.2) is 41.0 Å². The molecule has 0 bridgehead atoms. The van der Waals surface area contributed by atoms with Crippen LogP contribution in [0.25, 0.3) is 16.6 Å². The summed E-state index contributed by atoms with van der Waals surface area (Å²) in [6.45, 7) is 2.28. The van der Waals surface area contributed by atoms with E-state index in [2.05, 4.69) is 10.3 Å². The van der Waals surface area contributed by atoms with Crippen molar-refractivity contribution in [1.29, 1.82) is 0 Å². The van der Waals surface area contributed by atoms with E-state index in [9.17, 15) is 22.8 Å². The molecule has 1 atom stereocenters. The highest BCUT2D eigenvalue weighted by Gasteiger charge is 2.31. The van der Waals surface area contributed by atoms with E-state index in [1.807, 2.05) is 0 Å². The Labute approximate surface area is 180 Å². The molecule has 3 aromatic rings. The van der Waals surface area contributed by atoms with E-state index in [0.29, 0.717) is 18.7 Å². The number of benzene rings is 2. The molecule has 0 radical (unpaired) electrons. The summed E-state index contributed by atoms with van der Waals surface area (Å²) >= 11 is 0.991. The number of hydrogen-bond acceptors (Lipinski definition) is 5. The van der Waals surface area contributed by atoms with E-state index < -0.39 is 22.5 Å². The zero-order chi connectivity index (χ0) is 22.6. The fraction of sp³-hybridized carbons (Fsp3) is 0.286. The molecule has 0 aliphatic carbocycles. The van der Waals surface area contributed by atoms with Gasteiger partial charge in [0, 0.05) is 13.7 Å². The molecular weight excluding hydrogens is 431 g/mol. The summed E-state index contributed by atoms with van der Waals surface area (Å²) in [5.41, 5.74) is -0.983. The van der Waals surface area contributed by atoms with Crippen molar-refractivity contribution >= 4 is 28.6 Å². The molecule has 1 N–H and O–H groups in total. The van der Waals surface area contributed by atoms with Gasteiger partial charge in [0.25, 0.3) is 5.56 Å². The topological polar surface area (TPSA) is 73.2 Å². The number of amides is 1. The van der Waals surface area contributed by atoms with E-state index in [0.717, 1.165) is 28.5 Å². The first-order valence-corrected chi connectivity index (χ1v) is 10.2. The number of methoxy groups -OCH3 is 1. The molecule has 3 rings (SSSR count). The van der Waals surface area contributed by atoms with E-state index in [1.54, 1.807) is 31.2 Å². The molecule has 1 unspecified atom stereocenters. The number of carbonyl (C=O) groups excluding carboxylic acids is 1. The fourth-order valence-corrected chi connectivity index (χ4v) is 3.82. The number of rotatable bonds is 7. The SMILES string of the molecule is COCCNC(=O)C(C)Sc1nc2ccccc2c(=O)n1-c1cccc(C(F)(F)F)c1. The third kappa shape index (κ3) is 5.26. The number of aromatic nitrogens is 2. The van der Waals surface area contributed by atoms with Gasteiger partial charge in [0.2, 0.25) is 5.91 Å². The second kappa shape index (κ2) is 9.52. The number of nitrogens with one attached hydrogen (secondary N) is 1. The summed E-state index contributed by atoms with van der Waals surface area (Å²) in [7, 11) is 1.51. The Balaban J connectivity index is 2.09. The molecule has 164 valence electrons. The van der Waals surface area contributed by atoms with Gasteiger partial charge in [0.15, 0.2) is 5.16 Å². The molecule has 0 aliphatic heterocycles. The minimum atomic E-state index is -4.56. The molecule has 2 aromatic carbocycles. The number of nitrogens with zero attached hydrogens (tertiary/aromatic N) is 2. The minimum Gasteiger partial charge on any atom is -0.383 e. The van der Waals surface area contributed by atoms with E-state index in [-0.39, 0.29) is 22.1 Å². The van der Waals surface area contributed by atoms with Crippen LogP contribution in [0.4, 0.5) is 13.2 Å². The first kappa shape index (κ1) is 22.8. The van der Waals surface area contributed by atoms with Crippen LogP contribution in [0.3, 0.4) is 0 Å². The Morgan fingerprint density at radius 1 is 1.23 bits per heavy atom. The van der Waals surface area contributed by atoms with Crippen molar-refractivity contribution in [2.45, 2.75) is 23.5 Å². The van der Waals surface area contributed by atoms with Crippen molar-refractivity contribution in [2.24, 2.45) is 0 Å². The van der Waals surface area contributed by atoms with Crippen LogP contribution in [0.5, 0.6) is 0 Å². The summed E-state index contributed by atoms with van der Waals surface area (Å²) in [6, 6.07) is 11.0. The normalized spacial score (nSPS) is 12.7. The maximum atomic E-state index is 13.2. The van der Waals surface area contributed by atoms with Gasteiger partial charge in [-0.3, -0.25) is 14.2 Å². The Kier molecular flexibility index (Phi) is 7.01. The number of fused-ring (bicyclic) bond motifs is 1. The van der Waals surface area contributed by atoms with Gasteiger partial charge >= 0.3 is 6.18 Å². The molecule has 0 fully saturated rings. The number of hydrogen-bond donors (Lipinski definition) is 1.